The van der Waals surface area contributed by atoms with Gasteiger partial charge in [-0.1, -0.05) is 12.1 Å². The third-order valence-electron chi connectivity index (χ3n) is 4.54. The zero-order chi connectivity index (χ0) is 18.0. The number of carbonyl (C=O) groups excluding carboxylic acids is 1. The number of H-pyrrole nitrogens is 1. The number of nitrogens with one attached hydrogen (secondary N) is 1. The number of carboxylic acids is 1. The Morgan fingerprint density at radius 3 is 2.60 bits per heavy atom. The zero-order valence-electron chi connectivity index (χ0n) is 13.6. The molecule has 1 fully saturated rings. The first-order valence-corrected chi connectivity index (χ1v) is 8.23. The Bertz CT molecular complexity index is 930. The van der Waals surface area contributed by atoms with Crippen LogP contribution in [-0.4, -0.2) is 44.3 Å². The molecule has 2 N–H and O–H groups in total. The minimum absolute atomic E-state index is 0.000575. The van der Waals surface area contributed by atoms with Gasteiger partial charge in [-0.25, -0.2) is 9.48 Å². The topological polar surface area (TPSA) is 112 Å². The van der Waals surface area contributed by atoms with E-state index in [4.69, 9.17) is 0 Å². The van der Waals surface area contributed by atoms with Gasteiger partial charge in [0, 0.05) is 13.0 Å². The molecule has 8 nitrogen and oxygen atoms in total. The number of aromatic amines is 1. The molecule has 1 amide bonds. The Morgan fingerprint density at radius 1 is 1.16 bits per heavy atom. The van der Waals surface area contributed by atoms with Crippen LogP contribution >= 0.6 is 0 Å². The first-order valence-electron chi connectivity index (χ1n) is 8.23. The fourth-order valence-electron chi connectivity index (χ4n) is 3.24. The van der Waals surface area contributed by atoms with Gasteiger partial charge in [0.05, 0.1) is 17.3 Å². The summed E-state index contributed by atoms with van der Waals surface area (Å²) < 4.78 is 1.11. The molecule has 0 spiro atoms. The number of likely N-dealkylation sites (tertiary alicyclic amines) is 1. The van der Waals surface area contributed by atoms with Crippen molar-refractivity contribution in [3.05, 3.63) is 45.0 Å². The summed E-state index contributed by atoms with van der Waals surface area (Å²) in [5.74, 6) is -1.34. The van der Waals surface area contributed by atoms with Gasteiger partial charge >= 0.3 is 5.97 Å². The Labute approximate surface area is 142 Å². The standard InChI is InChI=1S/C17H19N3O5/c21-14(19-9-4-3-7-13(19)17(24)25)8-10-20-16(23)12-6-2-1-5-11(12)15(22)18-20/h1-2,5-6,13H,3-4,7-10H2,(H,18,22)(H,24,25)/t13-/m1/s1. The van der Waals surface area contributed by atoms with Gasteiger partial charge in [-0.3, -0.25) is 19.5 Å². The van der Waals surface area contributed by atoms with Gasteiger partial charge in [0.25, 0.3) is 11.1 Å². The average molecular weight is 345 g/mol. The molecule has 1 aromatic carbocycles. The van der Waals surface area contributed by atoms with Crippen molar-refractivity contribution in [3.8, 4) is 0 Å². The van der Waals surface area contributed by atoms with E-state index in [0.29, 0.717) is 23.7 Å². The summed E-state index contributed by atoms with van der Waals surface area (Å²) in [5.41, 5.74) is -0.777. The number of carboxylic acid groups (broad SMARTS) is 1. The first-order chi connectivity index (χ1) is 12.0. The molecule has 2 heterocycles. The maximum atomic E-state index is 12.4. The average Bonchev–Trinajstić information content (AvgIpc) is 2.63. The molecular weight excluding hydrogens is 326 g/mol. The lowest BCUT2D eigenvalue weighted by molar-refractivity contribution is -0.152. The van der Waals surface area contributed by atoms with E-state index in [1.54, 1.807) is 24.3 Å². The second kappa shape index (κ2) is 6.92. The number of benzene rings is 1. The van der Waals surface area contributed by atoms with Crippen LogP contribution in [-0.2, 0) is 16.1 Å². The van der Waals surface area contributed by atoms with E-state index >= 15 is 0 Å². The molecule has 132 valence electrons. The molecule has 2 aromatic rings. The third kappa shape index (κ3) is 3.33. The number of amides is 1. The highest BCUT2D eigenvalue weighted by atomic mass is 16.4. The van der Waals surface area contributed by atoms with Crippen molar-refractivity contribution >= 4 is 22.6 Å². The van der Waals surface area contributed by atoms with Crippen molar-refractivity contribution in [2.45, 2.75) is 38.3 Å². The first kappa shape index (κ1) is 16.9. The number of rotatable bonds is 4. The van der Waals surface area contributed by atoms with Gasteiger partial charge in [-0.05, 0) is 31.4 Å². The number of fused-ring (bicyclic) bond motifs is 1. The lowest BCUT2D eigenvalue weighted by Gasteiger charge is -2.33. The summed E-state index contributed by atoms with van der Waals surface area (Å²) in [6.07, 6.45) is 1.94. The molecule has 0 radical (unpaired) electrons. The lowest BCUT2D eigenvalue weighted by Crippen LogP contribution is -2.48. The number of nitrogens with zero attached hydrogens (tertiary/aromatic N) is 2. The Kier molecular flexibility index (Phi) is 4.69. The van der Waals surface area contributed by atoms with Gasteiger partial charge in [-0.15, -0.1) is 0 Å². The molecule has 0 unspecified atom stereocenters. The highest BCUT2D eigenvalue weighted by Gasteiger charge is 2.31. The Hall–Kier alpha value is -2.90. The van der Waals surface area contributed by atoms with E-state index < -0.39 is 17.6 Å². The van der Waals surface area contributed by atoms with Crippen molar-refractivity contribution in [1.29, 1.82) is 0 Å². The predicted molar refractivity (Wildman–Crippen MR) is 90.4 cm³/mol. The summed E-state index contributed by atoms with van der Waals surface area (Å²) >= 11 is 0. The van der Waals surface area contributed by atoms with Crippen LogP contribution in [0.3, 0.4) is 0 Å². The Balaban J connectivity index is 1.79. The zero-order valence-corrected chi connectivity index (χ0v) is 13.6. The number of hydrogen-bond acceptors (Lipinski definition) is 4. The monoisotopic (exact) mass is 345 g/mol. The van der Waals surface area contributed by atoms with Crippen LogP contribution < -0.4 is 11.1 Å². The molecule has 1 aliphatic rings. The second-order valence-electron chi connectivity index (χ2n) is 6.13. The van der Waals surface area contributed by atoms with Crippen molar-refractivity contribution in [1.82, 2.24) is 14.7 Å². The number of hydrogen-bond donors (Lipinski definition) is 2. The molecular formula is C17H19N3O5. The molecule has 3 rings (SSSR count). The second-order valence-corrected chi connectivity index (χ2v) is 6.13. The molecule has 25 heavy (non-hydrogen) atoms. The molecule has 0 saturated carbocycles. The Morgan fingerprint density at radius 2 is 1.88 bits per heavy atom. The molecule has 0 bridgehead atoms. The molecule has 8 heteroatoms. The minimum atomic E-state index is -1.01. The fraction of sp³-hybridized carbons (Fsp3) is 0.412. The van der Waals surface area contributed by atoms with Crippen molar-refractivity contribution < 1.29 is 14.7 Å². The third-order valence-corrected chi connectivity index (χ3v) is 4.54. The van der Waals surface area contributed by atoms with E-state index in [1.807, 2.05) is 0 Å². The summed E-state index contributed by atoms with van der Waals surface area (Å²) in [6, 6.07) is 5.66. The van der Waals surface area contributed by atoms with Crippen LogP contribution in [0.2, 0.25) is 0 Å². The fourth-order valence-corrected chi connectivity index (χ4v) is 3.24. The quantitative estimate of drug-likeness (QED) is 0.840. The summed E-state index contributed by atoms with van der Waals surface area (Å²) in [5, 5.41) is 12.3. The van der Waals surface area contributed by atoms with E-state index in [0.717, 1.165) is 17.5 Å². The maximum absolute atomic E-state index is 12.4. The van der Waals surface area contributed by atoms with Crippen LogP contribution in [0.1, 0.15) is 25.7 Å². The summed E-state index contributed by atoms with van der Waals surface area (Å²) in [4.78, 5) is 49.5. The smallest absolute Gasteiger partial charge is 0.326 e. The van der Waals surface area contributed by atoms with Gasteiger partial charge in [-0.2, -0.15) is 0 Å². The number of aryl methyl sites for hydroxylation is 1. The van der Waals surface area contributed by atoms with Gasteiger partial charge in [0.1, 0.15) is 6.04 Å². The molecule has 1 saturated heterocycles. The van der Waals surface area contributed by atoms with E-state index in [2.05, 4.69) is 5.10 Å². The molecule has 0 aliphatic carbocycles. The van der Waals surface area contributed by atoms with Crippen LogP contribution in [0, 0.1) is 0 Å². The summed E-state index contributed by atoms with van der Waals surface area (Å²) in [7, 11) is 0. The van der Waals surface area contributed by atoms with E-state index in [9.17, 15) is 24.3 Å². The van der Waals surface area contributed by atoms with Crippen LogP contribution in [0.15, 0.2) is 33.9 Å². The molecule has 1 atom stereocenters. The lowest BCUT2D eigenvalue weighted by atomic mass is 10.0. The van der Waals surface area contributed by atoms with Crippen LogP contribution in [0.25, 0.3) is 10.8 Å². The number of piperidine rings is 1. The highest BCUT2D eigenvalue weighted by Crippen LogP contribution is 2.18. The normalized spacial score (nSPS) is 17.6. The molecule has 1 aliphatic heterocycles. The minimum Gasteiger partial charge on any atom is -0.480 e. The molecule has 1 aromatic heterocycles. The van der Waals surface area contributed by atoms with Gasteiger partial charge in [0.15, 0.2) is 0 Å². The van der Waals surface area contributed by atoms with Crippen molar-refractivity contribution in [3.63, 3.8) is 0 Å². The number of aliphatic carboxylic acids is 1. The number of carbonyl (C=O) groups is 2. The maximum Gasteiger partial charge on any atom is 0.326 e. The van der Waals surface area contributed by atoms with Gasteiger partial charge in [0.2, 0.25) is 5.91 Å². The van der Waals surface area contributed by atoms with E-state index in [-0.39, 0.29) is 24.4 Å². The van der Waals surface area contributed by atoms with Crippen molar-refractivity contribution in [2.24, 2.45) is 0 Å². The van der Waals surface area contributed by atoms with Crippen LogP contribution in [0.4, 0.5) is 0 Å². The van der Waals surface area contributed by atoms with Crippen LogP contribution in [0.5, 0.6) is 0 Å². The SMILES string of the molecule is O=C(O)[C@H]1CCCCN1C(=O)CCn1[nH]c(=O)c2ccccc2c1=O. The summed E-state index contributed by atoms with van der Waals surface area (Å²) in [6.45, 7) is 0.402. The van der Waals surface area contributed by atoms with Gasteiger partial charge < -0.3 is 10.0 Å². The number of aromatic nitrogens is 2. The van der Waals surface area contributed by atoms with Crippen molar-refractivity contribution in [2.75, 3.05) is 6.54 Å². The largest absolute Gasteiger partial charge is 0.480 e. The van der Waals surface area contributed by atoms with E-state index in [1.165, 1.54) is 4.90 Å². The highest BCUT2D eigenvalue weighted by molar-refractivity contribution is 5.84. The predicted octanol–water partition coefficient (Wildman–Crippen LogP) is 0.546.